The van der Waals surface area contributed by atoms with E-state index < -0.39 is 0 Å². The Kier molecular flexibility index (Phi) is 13.3. The van der Waals surface area contributed by atoms with Gasteiger partial charge in [0.05, 0.1) is 0 Å². The largest absolute Gasteiger partial charge is 0.508 e. The first-order chi connectivity index (χ1) is 13.9. The van der Waals surface area contributed by atoms with Gasteiger partial charge in [0, 0.05) is 5.56 Å². The minimum Gasteiger partial charge on any atom is -0.508 e. The normalized spacial score (nSPS) is 11.7. The van der Waals surface area contributed by atoms with Crippen molar-refractivity contribution in [3.05, 3.63) is 46.6 Å². The summed E-state index contributed by atoms with van der Waals surface area (Å²) >= 11 is 0. The molecule has 164 valence electrons. The van der Waals surface area contributed by atoms with Crippen LogP contribution in [-0.4, -0.2) is 10.2 Å². The molecule has 0 aliphatic heterocycles. The van der Waals surface area contributed by atoms with Gasteiger partial charge in [-0.05, 0) is 70.6 Å². The van der Waals surface area contributed by atoms with Crippen LogP contribution in [0.25, 0.3) is 0 Å². The number of hydrogen-bond donors (Lipinski definition) is 2. The number of benzene rings is 1. The quantitative estimate of drug-likeness (QED) is 0.229. The van der Waals surface area contributed by atoms with E-state index in [1.807, 2.05) is 12.1 Å². The predicted molar refractivity (Wildman–Crippen MR) is 127 cm³/mol. The minimum atomic E-state index is 0.226. The number of phenolic OH excluding ortho intramolecular Hbond substituents is 2. The van der Waals surface area contributed by atoms with Gasteiger partial charge in [-0.2, -0.15) is 0 Å². The first-order valence-electron chi connectivity index (χ1n) is 11.8. The van der Waals surface area contributed by atoms with Gasteiger partial charge in [0.25, 0.3) is 0 Å². The molecule has 2 heteroatoms. The number of aryl methyl sites for hydroxylation is 1. The van der Waals surface area contributed by atoms with Gasteiger partial charge in [0.15, 0.2) is 0 Å². The van der Waals surface area contributed by atoms with Crippen molar-refractivity contribution in [2.24, 2.45) is 0 Å². The van der Waals surface area contributed by atoms with Gasteiger partial charge in [-0.25, -0.2) is 0 Å². The summed E-state index contributed by atoms with van der Waals surface area (Å²) in [6, 6.07) is 3.68. The molecule has 0 fully saturated rings. The van der Waals surface area contributed by atoms with Crippen LogP contribution in [0.1, 0.15) is 109 Å². The zero-order valence-corrected chi connectivity index (χ0v) is 19.4. The van der Waals surface area contributed by atoms with Crippen LogP contribution in [0.2, 0.25) is 0 Å². The summed E-state index contributed by atoms with van der Waals surface area (Å²) in [6.07, 6.45) is 19.7. The molecule has 0 saturated carbocycles. The van der Waals surface area contributed by atoms with Crippen LogP contribution in [0.4, 0.5) is 0 Å². The van der Waals surface area contributed by atoms with Gasteiger partial charge in [-0.3, -0.25) is 0 Å². The van der Waals surface area contributed by atoms with Gasteiger partial charge in [0.2, 0.25) is 0 Å². The second-order valence-corrected chi connectivity index (χ2v) is 8.77. The molecule has 0 unspecified atom stereocenters. The molecule has 0 bridgehead atoms. The van der Waals surface area contributed by atoms with Gasteiger partial charge in [-0.1, -0.05) is 81.6 Å². The van der Waals surface area contributed by atoms with E-state index in [0.717, 1.165) is 31.2 Å². The highest BCUT2D eigenvalue weighted by Gasteiger charge is 2.09. The zero-order chi connectivity index (χ0) is 21.5. The fourth-order valence-corrected chi connectivity index (χ4v) is 3.66. The molecular formula is C27H44O2. The zero-order valence-electron chi connectivity index (χ0n) is 19.4. The Morgan fingerprint density at radius 1 is 0.793 bits per heavy atom. The number of allylic oxidation sites excluding steroid dienone is 4. The number of phenols is 2. The Bertz CT molecular complexity index is 613. The monoisotopic (exact) mass is 400 g/mol. The summed E-state index contributed by atoms with van der Waals surface area (Å²) in [5.74, 6) is 0.452. The predicted octanol–water partition coefficient (Wildman–Crippen LogP) is 8.41. The molecular weight excluding hydrogens is 356 g/mol. The first kappa shape index (κ1) is 25.3. The average Bonchev–Trinajstić information content (AvgIpc) is 2.65. The molecule has 1 rings (SSSR count). The van der Waals surface area contributed by atoms with Crippen LogP contribution >= 0.6 is 0 Å². The smallest absolute Gasteiger partial charge is 0.123 e. The Hall–Kier alpha value is -1.70. The molecule has 0 atom stereocenters. The minimum absolute atomic E-state index is 0.226. The lowest BCUT2D eigenvalue weighted by molar-refractivity contribution is 0.439. The van der Waals surface area contributed by atoms with Crippen LogP contribution in [0.15, 0.2) is 35.4 Å². The highest BCUT2D eigenvalue weighted by molar-refractivity contribution is 5.47. The first-order valence-corrected chi connectivity index (χ1v) is 11.8. The maximum Gasteiger partial charge on any atom is 0.123 e. The van der Waals surface area contributed by atoms with Gasteiger partial charge in [0.1, 0.15) is 11.5 Å². The molecule has 0 aromatic heterocycles. The highest BCUT2D eigenvalue weighted by atomic mass is 16.3. The van der Waals surface area contributed by atoms with Crippen LogP contribution in [-0.2, 0) is 12.8 Å². The van der Waals surface area contributed by atoms with E-state index in [2.05, 4.69) is 39.8 Å². The van der Waals surface area contributed by atoms with Crippen LogP contribution in [0.5, 0.6) is 11.5 Å². The lowest BCUT2D eigenvalue weighted by Crippen LogP contribution is -1.91. The van der Waals surface area contributed by atoms with Crippen LogP contribution < -0.4 is 0 Å². The van der Waals surface area contributed by atoms with E-state index in [0.29, 0.717) is 12.0 Å². The van der Waals surface area contributed by atoms with Crippen molar-refractivity contribution in [3.63, 3.8) is 0 Å². The van der Waals surface area contributed by atoms with E-state index in [1.54, 1.807) is 0 Å². The van der Waals surface area contributed by atoms with Crippen molar-refractivity contribution in [2.45, 2.75) is 111 Å². The average molecular weight is 401 g/mol. The summed E-state index contributed by atoms with van der Waals surface area (Å²) in [6.45, 7) is 8.61. The number of rotatable bonds is 15. The molecule has 1 aromatic rings. The Labute approximate surface area is 179 Å². The van der Waals surface area contributed by atoms with Crippen molar-refractivity contribution in [1.82, 2.24) is 0 Å². The van der Waals surface area contributed by atoms with E-state index in [9.17, 15) is 10.2 Å². The second-order valence-electron chi connectivity index (χ2n) is 8.77. The highest BCUT2D eigenvalue weighted by Crippen LogP contribution is 2.31. The lowest BCUT2D eigenvalue weighted by atomic mass is 9.99. The van der Waals surface area contributed by atoms with Crippen LogP contribution in [0.3, 0.4) is 0 Å². The number of unbranched alkanes of at least 4 members (excludes halogenated alkanes) is 8. The second kappa shape index (κ2) is 15.2. The Morgan fingerprint density at radius 2 is 1.34 bits per heavy atom. The third-order valence-electron chi connectivity index (χ3n) is 5.58. The molecule has 2 N–H and O–H groups in total. The van der Waals surface area contributed by atoms with Gasteiger partial charge in [-0.15, -0.1) is 0 Å². The lowest BCUT2D eigenvalue weighted by Gasteiger charge is -2.10. The summed E-state index contributed by atoms with van der Waals surface area (Å²) in [5, 5.41) is 20.8. The standard InChI is InChI=1S/C27H44O2/c1-5-6-7-8-9-10-11-12-13-17-24-20-26(28)25(27(29)21-24)19-18-23(4)16-14-15-22(2)3/h15,18,20-21,28-29H,5-14,16-17,19H2,1-4H3. The third-order valence-corrected chi connectivity index (χ3v) is 5.58. The maximum atomic E-state index is 10.4. The van der Waals surface area contributed by atoms with Crippen molar-refractivity contribution >= 4 is 0 Å². The van der Waals surface area contributed by atoms with Crippen LogP contribution in [0, 0.1) is 0 Å². The van der Waals surface area contributed by atoms with Crippen molar-refractivity contribution in [2.75, 3.05) is 0 Å². The molecule has 0 heterocycles. The van der Waals surface area contributed by atoms with E-state index in [-0.39, 0.29) is 11.5 Å². The third kappa shape index (κ3) is 11.8. The topological polar surface area (TPSA) is 40.5 Å². The number of hydrogen-bond acceptors (Lipinski definition) is 2. The van der Waals surface area contributed by atoms with E-state index in [4.69, 9.17) is 0 Å². The summed E-state index contributed by atoms with van der Waals surface area (Å²) < 4.78 is 0. The van der Waals surface area contributed by atoms with Crippen molar-refractivity contribution < 1.29 is 10.2 Å². The Morgan fingerprint density at radius 3 is 1.90 bits per heavy atom. The molecule has 2 nitrogen and oxygen atoms in total. The molecule has 0 amide bonds. The molecule has 1 aromatic carbocycles. The van der Waals surface area contributed by atoms with Gasteiger partial charge >= 0.3 is 0 Å². The SMILES string of the molecule is CCCCCCCCCCCc1cc(O)c(CC=C(C)CCC=C(C)C)c(O)c1. The molecule has 0 spiro atoms. The summed E-state index contributed by atoms with van der Waals surface area (Å²) in [7, 11) is 0. The Balaban J connectivity index is 2.39. The summed E-state index contributed by atoms with van der Waals surface area (Å²) in [4.78, 5) is 0. The molecule has 0 saturated heterocycles. The molecule has 0 radical (unpaired) electrons. The molecule has 29 heavy (non-hydrogen) atoms. The molecule has 0 aliphatic rings. The van der Waals surface area contributed by atoms with Crippen molar-refractivity contribution in [3.8, 4) is 11.5 Å². The fraction of sp³-hybridized carbons (Fsp3) is 0.630. The molecule has 0 aliphatic carbocycles. The fourth-order valence-electron chi connectivity index (χ4n) is 3.66. The van der Waals surface area contributed by atoms with Gasteiger partial charge < -0.3 is 10.2 Å². The van der Waals surface area contributed by atoms with Crippen molar-refractivity contribution in [1.29, 1.82) is 0 Å². The van der Waals surface area contributed by atoms with E-state index in [1.165, 1.54) is 62.5 Å². The number of aromatic hydroxyl groups is 2. The summed E-state index contributed by atoms with van der Waals surface area (Å²) in [5.41, 5.74) is 4.31. The van der Waals surface area contributed by atoms with E-state index >= 15 is 0 Å². The maximum absolute atomic E-state index is 10.4.